The van der Waals surface area contributed by atoms with Crippen molar-refractivity contribution in [2.75, 3.05) is 25.0 Å². The van der Waals surface area contributed by atoms with Crippen LogP contribution in [0.4, 0.5) is 5.69 Å². The van der Waals surface area contributed by atoms with E-state index in [1.54, 1.807) is 0 Å². The molecule has 0 atom stereocenters. The van der Waals surface area contributed by atoms with Crippen LogP contribution in [-0.2, 0) is 6.54 Å². The molecule has 0 aliphatic heterocycles. The van der Waals surface area contributed by atoms with Gasteiger partial charge in [-0.2, -0.15) is 0 Å². The van der Waals surface area contributed by atoms with E-state index in [0.29, 0.717) is 11.8 Å². The second-order valence-electron chi connectivity index (χ2n) is 5.85. The largest absolute Gasteiger partial charge is 0.371 e. The highest BCUT2D eigenvalue weighted by Gasteiger charge is 2.13. The fourth-order valence-electron chi connectivity index (χ4n) is 2.31. The molecule has 0 saturated carbocycles. The number of benzene rings is 1. The van der Waals surface area contributed by atoms with Crippen molar-refractivity contribution in [3.63, 3.8) is 0 Å². The van der Waals surface area contributed by atoms with Crippen molar-refractivity contribution in [3.05, 3.63) is 29.8 Å². The summed E-state index contributed by atoms with van der Waals surface area (Å²) in [5.41, 5.74) is 2.77. The third-order valence-corrected chi connectivity index (χ3v) is 2.87. The van der Waals surface area contributed by atoms with Crippen LogP contribution in [0.1, 0.15) is 33.3 Å². The predicted octanol–water partition coefficient (Wildman–Crippen LogP) is 3.52. The third kappa shape index (κ3) is 4.69. The molecule has 0 fully saturated rings. The van der Waals surface area contributed by atoms with Gasteiger partial charge in [-0.3, -0.25) is 0 Å². The second-order valence-corrected chi connectivity index (χ2v) is 5.85. The van der Waals surface area contributed by atoms with Crippen LogP contribution in [0.3, 0.4) is 0 Å². The minimum absolute atomic E-state index is 0.686. The monoisotopic (exact) mass is 248 g/mol. The highest BCUT2D eigenvalue weighted by Crippen LogP contribution is 2.22. The lowest BCUT2D eigenvalue weighted by Gasteiger charge is -2.30. The number of rotatable bonds is 7. The van der Waals surface area contributed by atoms with Gasteiger partial charge in [0.15, 0.2) is 0 Å². The first-order valence-corrected chi connectivity index (χ1v) is 7.02. The highest BCUT2D eigenvalue weighted by atomic mass is 15.1. The topological polar surface area (TPSA) is 15.3 Å². The normalized spacial score (nSPS) is 11.3. The Bertz CT molecular complexity index is 335. The molecule has 1 rings (SSSR count). The molecule has 0 spiro atoms. The van der Waals surface area contributed by atoms with Gasteiger partial charge < -0.3 is 10.2 Å². The fourth-order valence-corrected chi connectivity index (χ4v) is 2.31. The van der Waals surface area contributed by atoms with Gasteiger partial charge in [0.2, 0.25) is 0 Å². The lowest BCUT2D eigenvalue weighted by Crippen LogP contribution is -2.32. The van der Waals surface area contributed by atoms with Crippen molar-refractivity contribution in [3.8, 4) is 0 Å². The molecule has 0 bridgehead atoms. The molecule has 1 aromatic rings. The van der Waals surface area contributed by atoms with Gasteiger partial charge in [0.25, 0.3) is 0 Å². The molecular weight excluding hydrogens is 220 g/mol. The van der Waals surface area contributed by atoms with Gasteiger partial charge in [0, 0.05) is 25.3 Å². The third-order valence-electron chi connectivity index (χ3n) is 2.87. The van der Waals surface area contributed by atoms with Gasteiger partial charge in [0.05, 0.1) is 0 Å². The molecule has 0 aliphatic carbocycles. The van der Waals surface area contributed by atoms with Crippen molar-refractivity contribution in [1.29, 1.82) is 0 Å². The van der Waals surface area contributed by atoms with Gasteiger partial charge in [-0.05, 0) is 30.5 Å². The molecule has 0 aromatic heterocycles. The average molecular weight is 248 g/mol. The first-order valence-electron chi connectivity index (χ1n) is 7.02. The van der Waals surface area contributed by atoms with Crippen LogP contribution in [0.2, 0.25) is 0 Å². The average Bonchev–Trinajstić information content (AvgIpc) is 2.28. The standard InChI is InChI=1S/C16H28N2/c1-13(2)11-18(12-14(3)4)16-9-7-6-8-15(16)10-17-5/h6-9,13-14,17H,10-12H2,1-5H3. The second kappa shape index (κ2) is 7.42. The molecule has 2 nitrogen and oxygen atoms in total. The van der Waals surface area contributed by atoms with Crippen LogP contribution < -0.4 is 10.2 Å². The summed E-state index contributed by atoms with van der Waals surface area (Å²) in [7, 11) is 2.01. The molecule has 18 heavy (non-hydrogen) atoms. The number of para-hydroxylation sites is 1. The highest BCUT2D eigenvalue weighted by molar-refractivity contribution is 5.53. The molecule has 0 aliphatic rings. The molecule has 0 amide bonds. The summed E-state index contributed by atoms with van der Waals surface area (Å²) in [5.74, 6) is 1.37. The molecule has 2 heteroatoms. The Morgan fingerprint density at radius 2 is 1.56 bits per heavy atom. The first-order chi connectivity index (χ1) is 8.54. The van der Waals surface area contributed by atoms with Crippen LogP contribution in [0.15, 0.2) is 24.3 Å². The van der Waals surface area contributed by atoms with E-state index in [1.165, 1.54) is 11.3 Å². The number of hydrogen-bond acceptors (Lipinski definition) is 2. The van der Waals surface area contributed by atoms with E-state index >= 15 is 0 Å². The van der Waals surface area contributed by atoms with Crippen LogP contribution in [0.25, 0.3) is 0 Å². The minimum Gasteiger partial charge on any atom is -0.371 e. The maximum atomic E-state index is 3.26. The van der Waals surface area contributed by atoms with E-state index in [1.807, 2.05) is 7.05 Å². The quantitative estimate of drug-likeness (QED) is 0.794. The summed E-state index contributed by atoms with van der Waals surface area (Å²) in [6.45, 7) is 12.3. The minimum atomic E-state index is 0.686. The molecule has 0 radical (unpaired) electrons. The maximum Gasteiger partial charge on any atom is 0.0412 e. The van der Waals surface area contributed by atoms with Gasteiger partial charge >= 0.3 is 0 Å². The van der Waals surface area contributed by atoms with Crippen LogP contribution in [0, 0.1) is 11.8 Å². The Labute approximate surface area is 112 Å². The molecule has 0 saturated heterocycles. The van der Waals surface area contributed by atoms with Crippen molar-refractivity contribution in [2.45, 2.75) is 34.2 Å². The predicted molar refractivity (Wildman–Crippen MR) is 81.1 cm³/mol. The smallest absolute Gasteiger partial charge is 0.0412 e. The molecule has 0 unspecified atom stereocenters. The van der Waals surface area contributed by atoms with Crippen LogP contribution >= 0.6 is 0 Å². The zero-order chi connectivity index (χ0) is 13.5. The summed E-state index contributed by atoms with van der Waals surface area (Å²) in [6, 6.07) is 8.73. The van der Waals surface area contributed by atoms with Crippen molar-refractivity contribution in [1.82, 2.24) is 5.32 Å². The molecule has 102 valence electrons. The van der Waals surface area contributed by atoms with Crippen molar-refractivity contribution >= 4 is 5.69 Å². The molecule has 1 N–H and O–H groups in total. The summed E-state index contributed by atoms with van der Waals surface area (Å²) in [6.07, 6.45) is 0. The SMILES string of the molecule is CNCc1ccccc1N(CC(C)C)CC(C)C. The summed E-state index contributed by atoms with van der Waals surface area (Å²) in [5, 5.41) is 3.26. The van der Waals surface area contributed by atoms with Gasteiger partial charge in [-0.1, -0.05) is 45.9 Å². The summed E-state index contributed by atoms with van der Waals surface area (Å²) < 4.78 is 0. The zero-order valence-electron chi connectivity index (χ0n) is 12.5. The fraction of sp³-hybridized carbons (Fsp3) is 0.625. The first kappa shape index (κ1) is 15.0. The van der Waals surface area contributed by atoms with Gasteiger partial charge in [0.1, 0.15) is 0 Å². The number of hydrogen-bond donors (Lipinski definition) is 1. The Kier molecular flexibility index (Phi) is 6.20. The molecule has 1 aromatic carbocycles. The van der Waals surface area contributed by atoms with Crippen molar-refractivity contribution < 1.29 is 0 Å². The van der Waals surface area contributed by atoms with Gasteiger partial charge in [-0.25, -0.2) is 0 Å². The molecular formula is C16H28N2. The Morgan fingerprint density at radius 1 is 1.00 bits per heavy atom. The Morgan fingerprint density at radius 3 is 2.06 bits per heavy atom. The number of nitrogens with zero attached hydrogens (tertiary/aromatic N) is 1. The Balaban J connectivity index is 2.95. The van der Waals surface area contributed by atoms with Gasteiger partial charge in [-0.15, -0.1) is 0 Å². The van der Waals surface area contributed by atoms with Crippen molar-refractivity contribution in [2.24, 2.45) is 11.8 Å². The summed E-state index contributed by atoms with van der Waals surface area (Å²) in [4.78, 5) is 2.53. The Hall–Kier alpha value is -1.02. The van der Waals surface area contributed by atoms with E-state index in [-0.39, 0.29) is 0 Å². The molecule has 0 heterocycles. The van der Waals surface area contributed by atoms with E-state index < -0.39 is 0 Å². The number of nitrogens with one attached hydrogen (secondary N) is 1. The number of anilines is 1. The van der Waals surface area contributed by atoms with Crippen LogP contribution in [-0.4, -0.2) is 20.1 Å². The lowest BCUT2D eigenvalue weighted by atomic mass is 10.1. The lowest BCUT2D eigenvalue weighted by molar-refractivity contribution is 0.551. The van der Waals surface area contributed by atoms with E-state index in [4.69, 9.17) is 0 Å². The van der Waals surface area contributed by atoms with E-state index in [9.17, 15) is 0 Å². The zero-order valence-corrected chi connectivity index (χ0v) is 12.5. The maximum absolute atomic E-state index is 3.26. The van der Waals surface area contributed by atoms with E-state index in [2.05, 4.69) is 62.2 Å². The van der Waals surface area contributed by atoms with E-state index in [0.717, 1.165) is 19.6 Å². The van der Waals surface area contributed by atoms with Crippen LogP contribution in [0.5, 0.6) is 0 Å². The summed E-state index contributed by atoms with van der Waals surface area (Å²) >= 11 is 0.